The van der Waals surface area contributed by atoms with E-state index >= 15 is 0 Å². The molecular formula is C17H30IN5S. The molecule has 7 heteroatoms. The van der Waals surface area contributed by atoms with Crippen LogP contribution in [0.15, 0.2) is 10.4 Å². The Morgan fingerprint density at radius 1 is 1.33 bits per heavy atom. The Bertz CT molecular complexity index is 539. The number of anilines is 1. The lowest BCUT2D eigenvalue weighted by Crippen LogP contribution is -2.39. The maximum Gasteiger partial charge on any atom is 0.191 e. The van der Waals surface area contributed by atoms with Crippen LogP contribution in [0.5, 0.6) is 0 Å². The molecule has 1 aromatic rings. The second kappa shape index (κ2) is 9.22. The summed E-state index contributed by atoms with van der Waals surface area (Å²) in [7, 11) is 5.89. The summed E-state index contributed by atoms with van der Waals surface area (Å²) in [4.78, 5) is 11.0. The van der Waals surface area contributed by atoms with Crippen LogP contribution in [0.3, 0.4) is 0 Å². The summed E-state index contributed by atoms with van der Waals surface area (Å²) in [5.41, 5.74) is 1.07. The number of nitrogens with zero attached hydrogens (tertiary/aromatic N) is 3. The van der Waals surface area contributed by atoms with Crippen molar-refractivity contribution in [2.75, 3.05) is 26.0 Å². The van der Waals surface area contributed by atoms with Crippen molar-refractivity contribution >= 4 is 46.4 Å². The Kier molecular flexibility index (Phi) is 7.59. The lowest BCUT2D eigenvalue weighted by molar-refractivity contribution is 0.315. The first-order chi connectivity index (χ1) is 11.2. The summed E-state index contributed by atoms with van der Waals surface area (Å²) in [6.07, 6.45) is 8.47. The van der Waals surface area contributed by atoms with Gasteiger partial charge in [-0.25, -0.2) is 4.98 Å². The summed E-state index contributed by atoms with van der Waals surface area (Å²) in [6.45, 7) is 0.727. The van der Waals surface area contributed by atoms with Crippen LogP contribution in [0.4, 0.5) is 5.13 Å². The third kappa shape index (κ3) is 5.21. The highest BCUT2D eigenvalue weighted by Crippen LogP contribution is 2.44. The molecule has 1 heterocycles. The second-order valence-corrected chi connectivity index (χ2v) is 7.83. The maximum absolute atomic E-state index is 4.60. The number of guanidine groups is 1. The van der Waals surface area contributed by atoms with Gasteiger partial charge in [-0.2, -0.15) is 0 Å². The third-order valence-corrected chi connectivity index (χ3v) is 6.06. The number of aliphatic imine (C=N–C) groups is 1. The fourth-order valence-electron chi connectivity index (χ4n) is 3.59. The topological polar surface area (TPSA) is 52.6 Å². The van der Waals surface area contributed by atoms with E-state index in [1.54, 1.807) is 11.3 Å². The van der Waals surface area contributed by atoms with Gasteiger partial charge < -0.3 is 15.5 Å². The largest absolute Gasteiger partial charge is 0.354 e. The number of hydrogen-bond acceptors (Lipinski definition) is 4. The molecule has 2 atom stereocenters. The van der Waals surface area contributed by atoms with Crippen molar-refractivity contribution in [1.82, 2.24) is 15.6 Å². The molecule has 3 rings (SSSR count). The van der Waals surface area contributed by atoms with Gasteiger partial charge in [0.1, 0.15) is 0 Å². The van der Waals surface area contributed by atoms with Crippen LogP contribution in [0.1, 0.15) is 44.2 Å². The van der Waals surface area contributed by atoms with E-state index in [1.807, 2.05) is 26.0 Å². The van der Waals surface area contributed by atoms with Gasteiger partial charge in [-0.15, -0.1) is 35.3 Å². The van der Waals surface area contributed by atoms with Gasteiger partial charge in [-0.05, 0) is 18.3 Å². The zero-order valence-corrected chi connectivity index (χ0v) is 18.1. The summed E-state index contributed by atoms with van der Waals surface area (Å²) >= 11 is 1.68. The molecule has 2 N–H and O–H groups in total. The van der Waals surface area contributed by atoms with Crippen LogP contribution in [-0.2, 0) is 6.54 Å². The van der Waals surface area contributed by atoms with Gasteiger partial charge in [-0.3, -0.25) is 4.99 Å². The Morgan fingerprint density at radius 2 is 2.08 bits per heavy atom. The Labute approximate surface area is 166 Å². The molecule has 2 aliphatic rings. The minimum Gasteiger partial charge on any atom is -0.354 e. The highest BCUT2D eigenvalue weighted by molar-refractivity contribution is 14.0. The predicted molar refractivity (Wildman–Crippen MR) is 114 cm³/mol. The van der Waals surface area contributed by atoms with Crippen molar-refractivity contribution < 1.29 is 0 Å². The quantitative estimate of drug-likeness (QED) is 0.399. The van der Waals surface area contributed by atoms with E-state index in [1.165, 1.54) is 38.5 Å². The zero-order valence-electron chi connectivity index (χ0n) is 14.9. The molecule has 0 saturated heterocycles. The van der Waals surface area contributed by atoms with Crippen LogP contribution in [0, 0.1) is 11.8 Å². The molecule has 136 valence electrons. The van der Waals surface area contributed by atoms with E-state index in [2.05, 4.69) is 26.0 Å². The molecule has 0 spiro atoms. The molecule has 0 amide bonds. The van der Waals surface area contributed by atoms with Gasteiger partial charge in [0, 0.05) is 32.6 Å². The molecule has 1 aromatic heterocycles. The van der Waals surface area contributed by atoms with Gasteiger partial charge in [0.05, 0.1) is 12.2 Å². The molecule has 2 aliphatic carbocycles. The molecule has 2 fully saturated rings. The second-order valence-electron chi connectivity index (χ2n) is 6.99. The van der Waals surface area contributed by atoms with E-state index in [4.69, 9.17) is 0 Å². The minimum atomic E-state index is 0. The van der Waals surface area contributed by atoms with Crippen molar-refractivity contribution in [3.8, 4) is 0 Å². The Morgan fingerprint density at radius 3 is 2.71 bits per heavy atom. The van der Waals surface area contributed by atoms with Crippen LogP contribution in [0.2, 0.25) is 0 Å². The van der Waals surface area contributed by atoms with Gasteiger partial charge in [0.25, 0.3) is 0 Å². The monoisotopic (exact) mass is 463 g/mol. The van der Waals surface area contributed by atoms with E-state index in [0.29, 0.717) is 6.04 Å². The summed E-state index contributed by atoms with van der Waals surface area (Å²) in [6, 6.07) is 0.622. The van der Waals surface area contributed by atoms with Crippen LogP contribution in [-0.4, -0.2) is 38.1 Å². The van der Waals surface area contributed by atoms with Gasteiger partial charge in [0.2, 0.25) is 0 Å². The lowest BCUT2D eigenvalue weighted by atomic mass is 9.85. The third-order valence-electron chi connectivity index (χ3n) is 5.00. The molecule has 0 radical (unpaired) electrons. The molecule has 0 aromatic carbocycles. The molecule has 0 aliphatic heterocycles. The van der Waals surface area contributed by atoms with Crippen molar-refractivity contribution in [3.63, 3.8) is 0 Å². The van der Waals surface area contributed by atoms with Crippen LogP contribution >= 0.6 is 35.3 Å². The zero-order chi connectivity index (χ0) is 16.2. The first-order valence-electron chi connectivity index (χ1n) is 8.76. The fraction of sp³-hybridized carbons (Fsp3) is 0.765. The molecule has 24 heavy (non-hydrogen) atoms. The predicted octanol–water partition coefficient (Wildman–Crippen LogP) is 3.46. The van der Waals surface area contributed by atoms with Crippen molar-refractivity contribution in [1.29, 1.82) is 0 Å². The number of aromatic nitrogens is 1. The fourth-order valence-corrected chi connectivity index (χ4v) is 4.35. The first-order valence-corrected chi connectivity index (χ1v) is 9.64. The van der Waals surface area contributed by atoms with Crippen LogP contribution < -0.4 is 15.5 Å². The van der Waals surface area contributed by atoms with E-state index in [0.717, 1.165) is 35.2 Å². The number of hydrogen-bond donors (Lipinski definition) is 2. The van der Waals surface area contributed by atoms with Crippen molar-refractivity contribution in [2.45, 2.75) is 51.1 Å². The van der Waals surface area contributed by atoms with Gasteiger partial charge in [-0.1, -0.05) is 32.1 Å². The van der Waals surface area contributed by atoms with E-state index < -0.39 is 0 Å². The highest BCUT2D eigenvalue weighted by atomic mass is 127. The minimum absolute atomic E-state index is 0. The van der Waals surface area contributed by atoms with Crippen molar-refractivity contribution in [2.24, 2.45) is 16.8 Å². The SMILES string of the molecule is CN=C(NCc1csc(N(C)C)n1)NC1CC1C1CCCCC1.I. The van der Waals surface area contributed by atoms with Gasteiger partial charge >= 0.3 is 0 Å². The summed E-state index contributed by atoms with van der Waals surface area (Å²) in [5.74, 6) is 2.72. The number of thiazole rings is 1. The normalized spacial score (nSPS) is 24.2. The lowest BCUT2D eigenvalue weighted by Gasteiger charge is -2.22. The average Bonchev–Trinajstić information content (AvgIpc) is 3.17. The molecule has 0 bridgehead atoms. The highest BCUT2D eigenvalue weighted by Gasteiger charge is 2.43. The summed E-state index contributed by atoms with van der Waals surface area (Å²) in [5, 5.41) is 10.1. The standard InChI is InChI=1S/C17H29N5S.HI/c1-18-16(19-10-13-11-23-17(20-13)22(2)3)21-15-9-14(15)12-7-5-4-6-8-12;/h11-12,14-15H,4-10H2,1-3H3,(H2,18,19,21);1H. The van der Waals surface area contributed by atoms with Crippen LogP contribution in [0.25, 0.3) is 0 Å². The van der Waals surface area contributed by atoms with Crippen molar-refractivity contribution in [3.05, 3.63) is 11.1 Å². The molecule has 5 nitrogen and oxygen atoms in total. The maximum atomic E-state index is 4.60. The van der Waals surface area contributed by atoms with Gasteiger partial charge in [0.15, 0.2) is 11.1 Å². The summed E-state index contributed by atoms with van der Waals surface area (Å²) < 4.78 is 0. The van der Waals surface area contributed by atoms with E-state index in [9.17, 15) is 0 Å². The Balaban J connectivity index is 0.00000208. The number of nitrogens with one attached hydrogen (secondary N) is 2. The first kappa shape index (κ1) is 19.8. The molecular weight excluding hydrogens is 433 g/mol. The average molecular weight is 463 g/mol. The molecule has 2 unspecified atom stereocenters. The van der Waals surface area contributed by atoms with E-state index in [-0.39, 0.29) is 24.0 Å². The number of rotatable bonds is 5. The Hall–Kier alpha value is -0.570. The molecule has 2 saturated carbocycles. The smallest absolute Gasteiger partial charge is 0.191 e. The number of halogens is 1.